The van der Waals surface area contributed by atoms with Crippen molar-refractivity contribution in [1.82, 2.24) is 10.2 Å². The van der Waals surface area contributed by atoms with Crippen molar-refractivity contribution in [3.8, 4) is 0 Å². The van der Waals surface area contributed by atoms with Gasteiger partial charge in [-0.25, -0.2) is 4.79 Å². The second-order valence-electron chi connectivity index (χ2n) is 9.07. The summed E-state index contributed by atoms with van der Waals surface area (Å²) in [6.45, 7) is 6.60. The molecule has 1 spiro atoms. The lowest BCUT2D eigenvalue weighted by atomic mass is 9.68. The van der Waals surface area contributed by atoms with Gasteiger partial charge in [-0.05, 0) is 78.6 Å². The molecule has 1 atom stereocenters. The first-order valence-corrected chi connectivity index (χ1v) is 9.72. The fourth-order valence-electron chi connectivity index (χ4n) is 4.57. The molecule has 3 fully saturated rings. The van der Waals surface area contributed by atoms with Crippen LogP contribution >= 0.6 is 0 Å². The molecular formula is C19H34N2O3. The van der Waals surface area contributed by atoms with Gasteiger partial charge in [0.1, 0.15) is 5.60 Å². The summed E-state index contributed by atoms with van der Waals surface area (Å²) in [7, 11) is 0. The Bertz CT molecular complexity index is 448. The van der Waals surface area contributed by atoms with Crippen molar-refractivity contribution in [3.63, 3.8) is 0 Å². The number of piperidine rings is 1. The molecule has 1 amide bonds. The quantitative estimate of drug-likeness (QED) is 0.812. The van der Waals surface area contributed by atoms with Crippen LogP contribution in [0.2, 0.25) is 0 Å². The summed E-state index contributed by atoms with van der Waals surface area (Å²) in [4.78, 5) is 14.6. The van der Waals surface area contributed by atoms with Crippen LogP contribution in [0.4, 0.5) is 4.79 Å². The molecule has 5 heteroatoms. The van der Waals surface area contributed by atoms with Crippen LogP contribution in [0.15, 0.2) is 0 Å². The Morgan fingerprint density at radius 3 is 2.33 bits per heavy atom. The van der Waals surface area contributed by atoms with E-state index in [4.69, 9.17) is 4.74 Å². The zero-order valence-corrected chi connectivity index (χ0v) is 15.5. The van der Waals surface area contributed by atoms with Gasteiger partial charge >= 0.3 is 6.09 Å². The fraction of sp³-hybridized carbons (Fsp3) is 0.947. The number of aliphatic hydroxyl groups excluding tert-OH is 1. The average Bonchev–Trinajstić information content (AvgIpc) is 2.46. The number of nitrogens with zero attached hydrogens (tertiary/aromatic N) is 1. The molecule has 2 N–H and O–H groups in total. The highest BCUT2D eigenvalue weighted by molar-refractivity contribution is 5.69. The molecule has 1 saturated heterocycles. The molecule has 0 radical (unpaired) electrons. The number of aliphatic hydroxyl groups is 1. The molecule has 1 aliphatic heterocycles. The van der Waals surface area contributed by atoms with Crippen molar-refractivity contribution in [2.24, 2.45) is 0 Å². The lowest BCUT2D eigenvalue weighted by Gasteiger charge is -2.55. The van der Waals surface area contributed by atoms with Gasteiger partial charge in [0.15, 0.2) is 0 Å². The van der Waals surface area contributed by atoms with Crippen LogP contribution < -0.4 is 5.32 Å². The molecule has 0 bridgehead atoms. The van der Waals surface area contributed by atoms with Crippen molar-refractivity contribution >= 4 is 6.09 Å². The minimum absolute atomic E-state index is 0.0203. The summed E-state index contributed by atoms with van der Waals surface area (Å²) < 4.78 is 5.64. The van der Waals surface area contributed by atoms with Crippen LogP contribution in [0.25, 0.3) is 0 Å². The summed E-state index contributed by atoms with van der Waals surface area (Å²) in [6, 6.07) is 1.02. The van der Waals surface area contributed by atoms with Gasteiger partial charge in [-0.1, -0.05) is 0 Å². The van der Waals surface area contributed by atoms with Crippen LogP contribution in [0, 0.1) is 0 Å². The molecule has 138 valence electrons. The summed E-state index contributed by atoms with van der Waals surface area (Å²) in [5.41, 5.74) is -0.410. The molecule has 0 aromatic rings. The molecular weight excluding hydrogens is 304 g/mol. The Morgan fingerprint density at radius 1 is 1.12 bits per heavy atom. The van der Waals surface area contributed by atoms with Gasteiger partial charge in [0.2, 0.25) is 0 Å². The Kier molecular flexibility index (Phi) is 5.12. The summed E-state index contributed by atoms with van der Waals surface area (Å²) >= 11 is 0. The van der Waals surface area contributed by atoms with Crippen LogP contribution in [-0.4, -0.2) is 52.0 Å². The van der Waals surface area contributed by atoms with Crippen LogP contribution in [-0.2, 0) is 4.74 Å². The minimum atomic E-state index is -0.431. The maximum Gasteiger partial charge on any atom is 0.410 e. The standard InChI is InChI=1S/C19H34N2O3/c1-18(2,3)24-17(23)21-12-9-15(13-19(21)10-4-11-19)20-14-5-7-16(22)8-6-14/h14-16,20,22H,4-13H2,1-3H3. The highest BCUT2D eigenvalue weighted by atomic mass is 16.6. The Hall–Kier alpha value is -0.810. The van der Waals surface area contributed by atoms with Gasteiger partial charge in [-0.3, -0.25) is 0 Å². The van der Waals surface area contributed by atoms with Gasteiger partial charge in [-0.2, -0.15) is 0 Å². The lowest BCUT2D eigenvalue weighted by Crippen LogP contribution is -2.64. The van der Waals surface area contributed by atoms with Crippen molar-refractivity contribution in [2.75, 3.05) is 6.54 Å². The topological polar surface area (TPSA) is 61.8 Å². The first-order chi connectivity index (χ1) is 11.3. The monoisotopic (exact) mass is 338 g/mol. The van der Waals surface area contributed by atoms with E-state index >= 15 is 0 Å². The second kappa shape index (κ2) is 6.83. The number of carbonyl (C=O) groups excluding carboxylic acids is 1. The summed E-state index contributed by atoms with van der Waals surface area (Å²) in [5, 5.41) is 13.5. The predicted molar refractivity (Wildman–Crippen MR) is 93.9 cm³/mol. The molecule has 5 nitrogen and oxygen atoms in total. The van der Waals surface area contributed by atoms with Gasteiger partial charge in [-0.15, -0.1) is 0 Å². The van der Waals surface area contributed by atoms with E-state index in [0.717, 1.165) is 57.9 Å². The Morgan fingerprint density at radius 2 is 1.79 bits per heavy atom. The maximum absolute atomic E-state index is 12.6. The highest BCUT2D eigenvalue weighted by Crippen LogP contribution is 2.45. The SMILES string of the molecule is CC(C)(C)OC(=O)N1CCC(NC2CCC(O)CC2)CC12CCC2. The van der Waals surface area contributed by atoms with Crippen LogP contribution in [0.5, 0.6) is 0 Å². The molecule has 1 heterocycles. The number of carbonyl (C=O) groups is 1. The molecule has 24 heavy (non-hydrogen) atoms. The molecule has 3 rings (SSSR count). The number of rotatable bonds is 2. The van der Waals surface area contributed by atoms with Crippen molar-refractivity contribution < 1.29 is 14.6 Å². The van der Waals surface area contributed by atoms with Gasteiger partial charge in [0, 0.05) is 24.2 Å². The third kappa shape index (κ3) is 4.05. The summed E-state index contributed by atoms with van der Waals surface area (Å²) in [5.74, 6) is 0. The van der Waals surface area contributed by atoms with E-state index in [2.05, 4.69) is 5.32 Å². The highest BCUT2D eigenvalue weighted by Gasteiger charge is 2.50. The Balaban J connectivity index is 1.57. The number of hydrogen-bond acceptors (Lipinski definition) is 4. The third-order valence-electron chi connectivity index (χ3n) is 5.97. The van der Waals surface area contributed by atoms with E-state index in [1.165, 1.54) is 6.42 Å². The lowest BCUT2D eigenvalue weighted by molar-refractivity contribution is -0.0507. The molecule has 1 unspecified atom stereocenters. The zero-order valence-electron chi connectivity index (χ0n) is 15.5. The number of hydrogen-bond donors (Lipinski definition) is 2. The maximum atomic E-state index is 12.6. The molecule has 0 aromatic heterocycles. The normalized spacial score (nSPS) is 33.2. The van der Waals surface area contributed by atoms with Crippen molar-refractivity contribution in [3.05, 3.63) is 0 Å². The molecule has 2 saturated carbocycles. The number of nitrogens with one attached hydrogen (secondary N) is 1. The number of likely N-dealkylation sites (tertiary alicyclic amines) is 1. The third-order valence-corrected chi connectivity index (χ3v) is 5.97. The van der Waals surface area contributed by atoms with Gasteiger partial charge < -0.3 is 20.1 Å². The largest absolute Gasteiger partial charge is 0.444 e. The Labute approximate surface area is 146 Å². The zero-order chi connectivity index (χ0) is 17.4. The van der Waals surface area contributed by atoms with Crippen LogP contribution in [0.1, 0.15) is 78.6 Å². The second-order valence-corrected chi connectivity index (χ2v) is 9.07. The first kappa shape index (κ1) is 18.0. The van der Waals surface area contributed by atoms with Crippen molar-refractivity contribution in [1.29, 1.82) is 0 Å². The van der Waals surface area contributed by atoms with Gasteiger partial charge in [0.25, 0.3) is 0 Å². The van der Waals surface area contributed by atoms with E-state index < -0.39 is 5.60 Å². The molecule has 2 aliphatic carbocycles. The van der Waals surface area contributed by atoms with E-state index in [0.29, 0.717) is 12.1 Å². The minimum Gasteiger partial charge on any atom is -0.444 e. The first-order valence-electron chi connectivity index (χ1n) is 9.72. The molecule has 3 aliphatic rings. The number of ether oxygens (including phenoxy) is 1. The van der Waals surface area contributed by atoms with E-state index in [-0.39, 0.29) is 17.7 Å². The average molecular weight is 338 g/mol. The van der Waals surface area contributed by atoms with E-state index in [1.54, 1.807) is 0 Å². The fourth-order valence-corrected chi connectivity index (χ4v) is 4.57. The van der Waals surface area contributed by atoms with Gasteiger partial charge in [0.05, 0.1) is 6.10 Å². The summed E-state index contributed by atoms with van der Waals surface area (Å²) in [6.07, 6.45) is 9.20. The van der Waals surface area contributed by atoms with Crippen molar-refractivity contribution in [2.45, 2.75) is 108 Å². The van der Waals surface area contributed by atoms with Crippen LogP contribution in [0.3, 0.4) is 0 Å². The van der Waals surface area contributed by atoms with E-state index in [1.807, 2.05) is 25.7 Å². The molecule has 0 aromatic carbocycles. The van der Waals surface area contributed by atoms with E-state index in [9.17, 15) is 9.90 Å². The number of amides is 1. The predicted octanol–water partition coefficient (Wildman–Crippen LogP) is 3.20. The smallest absolute Gasteiger partial charge is 0.410 e.